The summed E-state index contributed by atoms with van der Waals surface area (Å²) in [5.74, 6) is -0.500. The number of piperazine rings is 1. The summed E-state index contributed by atoms with van der Waals surface area (Å²) in [7, 11) is 0. The molecule has 2 aromatic carbocycles. The Kier molecular flexibility index (Phi) is 7.15. The monoisotopic (exact) mass is 543 g/mol. The van der Waals surface area contributed by atoms with Crippen molar-refractivity contribution in [3.63, 3.8) is 0 Å². The maximum atomic E-state index is 14.0. The summed E-state index contributed by atoms with van der Waals surface area (Å²) in [6, 6.07) is 15.3. The number of hydrogen-bond donors (Lipinski definition) is 2. The number of hydrogen-bond acceptors (Lipinski definition) is 5. The van der Waals surface area contributed by atoms with Gasteiger partial charge in [-0.3, -0.25) is 14.4 Å². The molecule has 5 rings (SSSR count). The number of thioether (sulfide) groups is 1. The van der Waals surface area contributed by atoms with E-state index in [0.717, 1.165) is 11.8 Å². The van der Waals surface area contributed by atoms with Crippen LogP contribution in [0.5, 0.6) is 0 Å². The highest BCUT2D eigenvalue weighted by Gasteiger charge is 2.47. The van der Waals surface area contributed by atoms with Crippen molar-refractivity contribution in [2.24, 2.45) is 0 Å². The Bertz CT molecular complexity index is 1330. The Labute approximate surface area is 220 Å². The Morgan fingerprint density at radius 1 is 1.08 bits per heavy atom. The molecular weight excluding hydrogens is 519 g/mol. The van der Waals surface area contributed by atoms with Crippen LogP contribution in [0.2, 0.25) is 0 Å². The summed E-state index contributed by atoms with van der Waals surface area (Å²) in [6.45, 7) is 0.0384. The molecule has 2 aliphatic heterocycles. The molecule has 0 aliphatic carbocycles. The summed E-state index contributed by atoms with van der Waals surface area (Å²) < 4.78 is 42.5. The van der Waals surface area contributed by atoms with Crippen LogP contribution in [0.4, 0.5) is 13.2 Å². The van der Waals surface area contributed by atoms with Crippen molar-refractivity contribution in [1.29, 1.82) is 0 Å². The van der Waals surface area contributed by atoms with Crippen molar-refractivity contribution in [2.75, 3.05) is 12.3 Å². The second-order valence-corrected chi connectivity index (χ2v) is 10.2. The van der Waals surface area contributed by atoms with Crippen molar-refractivity contribution in [1.82, 2.24) is 25.3 Å². The molecule has 3 amide bonds. The molecule has 2 saturated heterocycles. The smallest absolute Gasteiger partial charge is 0.347 e. The predicted octanol–water partition coefficient (Wildman–Crippen LogP) is 3.02. The largest absolute Gasteiger partial charge is 0.434 e. The van der Waals surface area contributed by atoms with Crippen molar-refractivity contribution in [3.8, 4) is 5.69 Å². The number of carbonyl (C=O) groups is 3. The number of halogens is 3. The molecule has 1 aromatic heterocycles. The standard InChI is InChI=1S/C26H24F3N5O3S/c27-26(28,29)22-19(12-30-34(22)18-9-5-2-6-10-18)23(35)31-17-11-21-24(36)32-20(25(37)33(21)13-17)15-38-14-16-7-3-1-4-8-16/h1-10,12,17,20-21H,11,13-15H2,(H,31,35)(H,32,36)/t17-,20-,21-/m0/s1. The maximum absolute atomic E-state index is 14.0. The molecule has 3 atom stereocenters. The normalized spacial score (nSPS) is 21.2. The minimum absolute atomic E-state index is 0.0384. The van der Waals surface area contributed by atoms with E-state index in [0.29, 0.717) is 16.2 Å². The fourth-order valence-corrected chi connectivity index (χ4v) is 5.77. The number of fused-ring (bicyclic) bond motifs is 1. The highest BCUT2D eigenvalue weighted by molar-refractivity contribution is 7.98. The fraction of sp³-hybridized carbons (Fsp3) is 0.308. The molecule has 12 heteroatoms. The quantitative estimate of drug-likeness (QED) is 0.478. The SMILES string of the molecule is O=C(N[C@H]1C[C@H]2C(=O)N[C@@H](CSCc3ccccc3)C(=O)N2C1)c1cnn(-c2ccccc2)c1C(F)(F)F. The van der Waals surface area contributed by atoms with Crippen molar-refractivity contribution in [2.45, 2.75) is 36.5 Å². The first-order chi connectivity index (χ1) is 18.2. The van der Waals surface area contributed by atoms with Gasteiger partial charge in [0.05, 0.1) is 17.4 Å². The zero-order valence-corrected chi connectivity index (χ0v) is 20.8. The molecule has 0 unspecified atom stereocenters. The number of rotatable bonds is 7. The molecule has 3 heterocycles. The number of amides is 3. The van der Waals surface area contributed by atoms with E-state index in [1.165, 1.54) is 28.8 Å². The highest BCUT2D eigenvalue weighted by Crippen LogP contribution is 2.34. The van der Waals surface area contributed by atoms with Crippen LogP contribution in [0.3, 0.4) is 0 Å². The molecule has 0 radical (unpaired) electrons. The van der Waals surface area contributed by atoms with Crippen LogP contribution in [-0.2, 0) is 21.5 Å². The predicted molar refractivity (Wildman–Crippen MR) is 134 cm³/mol. The van der Waals surface area contributed by atoms with Gasteiger partial charge in [-0.25, -0.2) is 4.68 Å². The topological polar surface area (TPSA) is 96.3 Å². The van der Waals surface area contributed by atoms with E-state index in [4.69, 9.17) is 0 Å². The van der Waals surface area contributed by atoms with E-state index in [9.17, 15) is 27.6 Å². The number of nitrogens with zero attached hydrogens (tertiary/aromatic N) is 3. The second-order valence-electron chi connectivity index (χ2n) is 9.13. The van der Waals surface area contributed by atoms with E-state index in [-0.39, 0.29) is 30.5 Å². The molecule has 2 fully saturated rings. The number of aromatic nitrogens is 2. The number of carbonyl (C=O) groups excluding carboxylic acids is 3. The average molecular weight is 544 g/mol. The maximum Gasteiger partial charge on any atom is 0.434 e. The third-order valence-electron chi connectivity index (χ3n) is 6.52. The minimum Gasteiger partial charge on any atom is -0.347 e. The zero-order chi connectivity index (χ0) is 26.9. The van der Waals surface area contributed by atoms with Gasteiger partial charge in [0.15, 0.2) is 5.69 Å². The Morgan fingerprint density at radius 2 is 1.76 bits per heavy atom. The average Bonchev–Trinajstić information content (AvgIpc) is 3.54. The van der Waals surface area contributed by atoms with E-state index in [1.54, 1.807) is 18.2 Å². The molecule has 2 aliphatic rings. The van der Waals surface area contributed by atoms with Gasteiger partial charge in [-0.1, -0.05) is 48.5 Å². The Morgan fingerprint density at radius 3 is 2.45 bits per heavy atom. The Balaban J connectivity index is 1.25. The first kappa shape index (κ1) is 25.8. The molecule has 0 spiro atoms. The molecule has 3 aromatic rings. The van der Waals surface area contributed by atoms with E-state index in [1.807, 2.05) is 30.3 Å². The van der Waals surface area contributed by atoms with Crippen LogP contribution in [0.1, 0.15) is 28.0 Å². The van der Waals surface area contributed by atoms with Crippen LogP contribution in [0.25, 0.3) is 5.69 Å². The summed E-state index contributed by atoms with van der Waals surface area (Å²) >= 11 is 1.52. The zero-order valence-electron chi connectivity index (χ0n) is 20.0. The Hall–Kier alpha value is -3.80. The lowest BCUT2D eigenvalue weighted by Gasteiger charge is -2.34. The second kappa shape index (κ2) is 10.5. The van der Waals surface area contributed by atoms with Crippen LogP contribution >= 0.6 is 11.8 Å². The lowest BCUT2D eigenvalue weighted by atomic mass is 10.1. The number of benzene rings is 2. The third kappa shape index (κ3) is 5.26. The van der Waals surface area contributed by atoms with Gasteiger partial charge >= 0.3 is 6.18 Å². The van der Waals surface area contributed by atoms with Crippen molar-refractivity contribution < 1.29 is 27.6 Å². The molecular formula is C26H24F3N5O3S. The van der Waals surface area contributed by atoms with Crippen LogP contribution in [0, 0.1) is 0 Å². The molecule has 0 saturated carbocycles. The van der Waals surface area contributed by atoms with Crippen LogP contribution in [0.15, 0.2) is 66.9 Å². The van der Waals surface area contributed by atoms with Gasteiger partial charge in [-0.2, -0.15) is 30.0 Å². The first-order valence-corrected chi connectivity index (χ1v) is 13.1. The van der Waals surface area contributed by atoms with E-state index >= 15 is 0 Å². The molecule has 38 heavy (non-hydrogen) atoms. The molecule has 0 bridgehead atoms. The summed E-state index contributed by atoms with van der Waals surface area (Å²) in [5, 5.41) is 9.14. The molecule has 2 N–H and O–H groups in total. The van der Waals surface area contributed by atoms with Gasteiger partial charge in [0.25, 0.3) is 5.91 Å². The third-order valence-corrected chi connectivity index (χ3v) is 7.62. The van der Waals surface area contributed by atoms with E-state index in [2.05, 4.69) is 15.7 Å². The van der Waals surface area contributed by atoms with E-state index < -0.39 is 41.5 Å². The first-order valence-electron chi connectivity index (χ1n) is 12.0. The van der Waals surface area contributed by atoms with Crippen LogP contribution < -0.4 is 10.6 Å². The molecule has 198 valence electrons. The van der Waals surface area contributed by atoms with Crippen LogP contribution in [-0.4, -0.2) is 62.8 Å². The van der Waals surface area contributed by atoms with Gasteiger partial charge in [-0.05, 0) is 24.1 Å². The van der Waals surface area contributed by atoms with Gasteiger partial charge < -0.3 is 15.5 Å². The van der Waals surface area contributed by atoms with Crippen molar-refractivity contribution in [3.05, 3.63) is 83.7 Å². The van der Waals surface area contributed by atoms with Gasteiger partial charge in [0.2, 0.25) is 11.8 Å². The highest BCUT2D eigenvalue weighted by atomic mass is 32.2. The minimum atomic E-state index is -4.84. The summed E-state index contributed by atoms with van der Waals surface area (Å²) in [4.78, 5) is 40.2. The van der Waals surface area contributed by atoms with Crippen molar-refractivity contribution >= 4 is 29.5 Å². The molecule has 8 nitrogen and oxygen atoms in total. The number of nitrogens with one attached hydrogen (secondary N) is 2. The van der Waals surface area contributed by atoms with Gasteiger partial charge in [0.1, 0.15) is 12.1 Å². The van der Waals surface area contributed by atoms with Gasteiger partial charge in [0, 0.05) is 24.1 Å². The number of para-hydroxylation sites is 1. The summed E-state index contributed by atoms with van der Waals surface area (Å²) in [5.41, 5.74) is -0.559. The van der Waals surface area contributed by atoms with Gasteiger partial charge in [-0.15, -0.1) is 0 Å². The fourth-order valence-electron chi connectivity index (χ4n) is 4.76. The lowest BCUT2D eigenvalue weighted by molar-refractivity contribution is -0.146. The summed E-state index contributed by atoms with van der Waals surface area (Å²) in [6.07, 6.45) is -3.85. The lowest BCUT2D eigenvalue weighted by Crippen LogP contribution is -2.61. The number of alkyl halides is 3.